The van der Waals surface area contributed by atoms with E-state index in [-0.39, 0.29) is 0 Å². The number of ether oxygens (including phenoxy) is 2. The maximum absolute atomic E-state index is 12.2. The van der Waals surface area contributed by atoms with E-state index in [4.69, 9.17) is 9.47 Å². The third-order valence-corrected chi connectivity index (χ3v) is 5.69. The van der Waals surface area contributed by atoms with Gasteiger partial charge in [0, 0.05) is 10.0 Å². The summed E-state index contributed by atoms with van der Waals surface area (Å²) in [5.41, 5.74) is 1.95. The van der Waals surface area contributed by atoms with Crippen LogP contribution < -0.4 is 4.74 Å². The van der Waals surface area contributed by atoms with Gasteiger partial charge in [-0.25, -0.2) is 9.79 Å². The summed E-state index contributed by atoms with van der Waals surface area (Å²) < 4.78 is 12.2. The van der Waals surface area contributed by atoms with Crippen LogP contribution in [0.2, 0.25) is 0 Å². The summed E-state index contributed by atoms with van der Waals surface area (Å²) >= 11 is 3.40. The Morgan fingerprint density at radius 3 is 2.23 bits per heavy atom. The van der Waals surface area contributed by atoms with Gasteiger partial charge < -0.3 is 9.47 Å². The molecule has 0 bridgehead atoms. The van der Waals surface area contributed by atoms with E-state index in [0.717, 1.165) is 34.4 Å². The molecule has 0 unspecified atom stereocenters. The highest BCUT2D eigenvalue weighted by Gasteiger charge is 2.24. The highest BCUT2D eigenvalue weighted by atomic mass is 79.9. The van der Waals surface area contributed by atoms with E-state index >= 15 is 0 Å². The van der Waals surface area contributed by atoms with Crippen LogP contribution in [0.4, 0.5) is 0 Å². The Labute approximate surface area is 193 Å². The van der Waals surface area contributed by atoms with Gasteiger partial charge in [-0.05, 0) is 54.5 Å². The molecule has 0 radical (unpaired) electrons. The number of nitrogens with zero attached hydrogens (tertiary/aromatic N) is 1. The summed E-state index contributed by atoms with van der Waals surface area (Å²) in [7, 11) is 0. The summed E-state index contributed by atoms with van der Waals surface area (Å²) in [6.45, 7) is 2.97. The van der Waals surface area contributed by atoms with Crippen LogP contribution >= 0.6 is 15.9 Å². The first-order valence-electron chi connectivity index (χ1n) is 11.2. The molecule has 0 atom stereocenters. The summed E-state index contributed by atoms with van der Waals surface area (Å²) in [6, 6.07) is 15.2. The molecule has 0 amide bonds. The predicted octanol–water partition coefficient (Wildman–Crippen LogP) is 7.31. The van der Waals surface area contributed by atoms with Crippen molar-refractivity contribution in [2.75, 3.05) is 6.61 Å². The molecule has 0 N–H and O–H groups in total. The maximum atomic E-state index is 12.2. The van der Waals surface area contributed by atoms with Crippen molar-refractivity contribution in [1.29, 1.82) is 0 Å². The first kappa shape index (κ1) is 23.3. The first-order chi connectivity index (χ1) is 15.2. The van der Waals surface area contributed by atoms with Gasteiger partial charge in [0.1, 0.15) is 5.75 Å². The molecule has 1 aliphatic heterocycles. The lowest BCUT2D eigenvalue weighted by Crippen LogP contribution is -2.05. The van der Waals surface area contributed by atoms with Crippen molar-refractivity contribution in [2.24, 2.45) is 4.99 Å². The number of hydrogen-bond acceptors (Lipinski definition) is 4. The quantitative estimate of drug-likeness (QED) is 0.180. The average Bonchev–Trinajstić information content (AvgIpc) is 3.15. The van der Waals surface area contributed by atoms with E-state index in [0.29, 0.717) is 11.6 Å². The minimum absolute atomic E-state index is 0.298. The molecule has 0 aliphatic carbocycles. The number of cyclic esters (lactones) is 1. The smallest absolute Gasteiger partial charge is 0.363 e. The van der Waals surface area contributed by atoms with Gasteiger partial charge in [-0.3, -0.25) is 0 Å². The van der Waals surface area contributed by atoms with E-state index < -0.39 is 5.97 Å². The van der Waals surface area contributed by atoms with E-state index in [9.17, 15) is 4.79 Å². The molecule has 2 aromatic carbocycles. The minimum atomic E-state index is -0.437. The zero-order chi connectivity index (χ0) is 21.9. The molecular formula is C26H30BrNO3. The summed E-state index contributed by atoms with van der Waals surface area (Å²) in [6.07, 6.45) is 12.0. The molecule has 0 saturated heterocycles. The van der Waals surface area contributed by atoms with Crippen LogP contribution in [-0.4, -0.2) is 18.5 Å². The second kappa shape index (κ2) is 12.5. The fraction of sp³-hybridized carbons (Fsp3) is 0.385. The van der Waals surface area contributed by atoms with Gasteiger partial charge in [0.2, 0.25) is 5.90 Å². The molecule has 4 nitrogen and oxygen atoms in total. The molecule has 0 spiro atoms. The van der Waals surface area contributed by atoms with Crippen molar-refractivity contribution in [1.82, 2.24) is 0 Å². The third-order valence-electron chi connectivity index (χ3n) is 5.16. The standard InChI is InChI=1S/C26H30BrNO3/c1-2-3-4-5-6-7-8-9-18-30-23-16-12-21(13-17-23)25-28-24(26(29)31-25)19-20-10-14-22(27)15-11-20/h10-17,19H,2-9,18H2,1H3/b24-19-. The summed E-state index contributed by atoms with van der Waals surface area (Å²) in [5, 5.41) is 0. The Morgan fingerprint density at radius 1 is 0.903 bits per heavy atom. The van der Waals surface area contributed by atoms with Gasteiger partial charge in [0.05, 0.1) is 6.61 Å². The fourth-order valence-corrected chi connectivity index (χ4v) is 3.63. The van der Waals surface area contributed by atoms with Gasteiger partial charge >= 0.3 is 5.97 Å². The van der Waals surface area contributed by atoms with E-state index in [1.54, 1.807) is 6.08 Å². The van der Waals surface area contributed by atoms with Crippen molar-refractivity contribution in [2.45, 2.75) is 58.3 Å². The third kappa shape index (κ3) is 7.66. The largest absolute Gasteiger partial charge is 0.494 e. The van der Waals surface area contributed by atoms with Gasteiger partial charge in [-0.15, -0.1) is 0 Å². The number of hydrogen-bond donors (Lipinski definition) is 0. The van der Waals surface area contributed by atoms with E-state index in [1.807, 2.05) is 48.5 Å². The topological polar surface area (TPSA) is 47.9 Å². The molecular weight excluding hydrogens is 454 g/mol. The maximum Gasteiger partial charge on any atom is 0.363 e. The Hall–Kier alpha value is -2.40. The van der Waals surface area contributed by atoms with E-state index in [1.165, 1.54) is 44.9 Å². The van der Waals surface area contributed by atoms with E-state index in [2.05, 4.69) is 27.8 Å². The second-order valence-corrected chi connectivity index (χ2v) is 8.65. The number of aliphatic imine (C=N–C) groups is 1. The predicted molar refractivity (Wildman–Crippen MR) is 129 cm³/mol. The Bertz CT molecular complexity index is 901. The summed E-state index contributed by atoms with van der Waals surface area (Å²) in [4.78, 5) is 16.5. The number of carbonyl (C=O) groups is 1. The van der Waals surface area contributed by atoms with Crippen LogP contribution in [0.25, 0.3) is 6.08 Å². The van der Waals surface area contributed by atoms with Crippen molar-refractivity contribution >= 4 is 33.9 Å². The normalized spacial score (nSPS) is 14.6. The van der Waals surface area contributed by atoms with Crippen molar-refractivity contribution in [3.63, 3.8) is 0 Å². The number of halogens is 1. The molecule has 5 heteroatoms. The molecule has 1 aliphatic rings. The zero-order valence-electron chi connectivity index (χ0n) is 18.1. The number of carbonyl (C=O) groups excluding carboxylic acids is 1. The number of esters is 1. The summed E-state index contributed by atoms with van der Waals surface area (Å²) in [5.74, 6) is 0.707. The highest BCUT2D eigenvalue weighted by molar-refractivity contribution is 9.10. The van der Waals surface area contributed by atoms with Gasteiger partial charge in [-0.2, -0.15) is 0 Å². The monoisotopic (exact) mass is 483 g/mol. The molecule has 0 fully saturated rings. The van der Waals surface area contributed by atoms with Crippen LogP contribution in [0.5, 0.6) is 5.75 Å². The van der Waals surface area contributed by atoms with Crippen LogP contribution in [0.1, 0.15) is 69.4 Å². The second-order valence-electron chi connectivity index (χ2n) is 7.74. The van der Waals surface area contributed by atoms with Crippen LogP contribution in [-0.2, 0) is 9.53 Å². The van der Waals surface area contributed by atoms with Crippen LogP contribution in [0.3, 0.4) is 0 Å². The molecule has 31 heavy (non-hydrogen) atoms. The first-order valence-corrected chi connectivity index (χ1v) is 12.0. The zero-order valence-corrected chi connectivity index (χ0v) is 19.7. The van der Waals surface area contributed by atoms with Crippen LogP contribution in [0.15, 0.2) is 63.7 Å². The lowest BCUT2D eigenvalue weighted by molar-refractivity contribution is -0.129. The Balaban J connectivity index is 1.45. The minimum Gasteiger partial charge on any atom is -0.494 e. The molecule has 2 aromatic rings. The number of benzene rings is 2. The lowest BCUT2D eigenvalue weighted by atomic mass is 10.1. The molecule has 0 aromatic heterocycles. The number of rotatable bonds is 12. The Morgan fingerprint density at radius 2 is 1.55 bits per heavy atom. The lowest BCUT2D eigenvalue weighted by Gasteiger charge is -2.07. The molecule has 164 valence electrons. The molecule has 3 rings (SSSR count). The SMILES string of the molecule is CCCCCCCCCCOc1ccc(C2=N/C(=C\c3ccc(Br)cc3)C(=O)O2)cc1. The number of unbranched alkanes of at least 4 members (excludes halogenated alkanes) is 7. The van der Waals surface area contributed by atoms with Gasteiger partial charge in [0.25, 0.3) is 0 Å². The molecule has 0 saturated carbocycles. The fourth-order valence-electron chi connectivity index (χ4n) is 3.37. The Kier molecular flexibility index (Phi) is 9.35. The van der Waals surface area contributed by atoms with Crippen molar-refractivity contribution < 1.29 is 14.3 Å². The van der Waals surface area contributed by atoms with Gasteiger partial charge in [0.15, 0.2) is 5.70 Å². The van der Waals surface area contributed by atoms with Crippen LogP contribution in [0, 0.1) is 0 Å². The highest BCUT2D eigenvalue weighted by Crippen LogP contribution is 2.22. The molecule has 1 heterocycles. The van der Waals surface area contributed by atoms with Crippen molar-refractivity contribution in [3.8, 4) is 5.75 Å². The van der Waals surface area contributed by atoms with Crippen molar-refractivity contribution in [3.05, 3.63) is 69.8 Å². The average molecular weight is 484 g/mol. The van der Waals surface area contributed by atoms with Gasteiger partial charge in [-0.1, -0.05) is 79.9 Å².